The highest BCUT2D eigenvalue weighted by molar-refractivity contribution is 9.10. The number of hydrogen-bond donors (Lipinski definition) is 0. The van der Waals surface area contributed by atoms with Crippen LogP contribution in [0.1, 0.15) is 49.7 Å². The van der Waals surface area contributed by atoms with E-state index < -0.39 is 0 Å². The molecule has 0 aliphatic rings. The number of unbranched alkanes of at least 4 members (excludes halogenated alkanes) is 2. The molecule has 0 aliphatic heterocycles. The maximum absolute atomic E-state index is 3.62. The lowest BCUT2D eigenvalue weighted by molar-refractivity contribution is 0.584. The molecular formula is C19H23Br. The van der Waals surface area contributed by atoms with Crippen LogP contribution in [0.5, 0.6) is 0 Å². The number of halogens is 1. The Morgan fingerprint density at radius 1 is 0.850 bits per heavy atom. The molecule has 1 heteroatoms. The van der Waals surface area contributed by atoms with Crippen molar-refractivity contribution in [3.63, 3.8) is 0 Å². The molecule has 0 heterocycles. The Bertz CT molecular complexity index is 504. The Morgan fingerprint density at radius 2 is 1.55 bits per heavy atom. The van der Waals surface area contributed by atoms with Crippen LogP contribution < -0.4 is 0 Å². The molecule has 2 rings (SSSR count). The predicted molar refractivity (Wildman–Crippen MR) is 91.2 cm³/mol. The summed E-state index contributed by atoms with van der Waals surface area (Å²) in [5, 5.41) is 0. The summed E-state index contributed by atoms with van der Waals surface area (Å²) in [5.74, 6) is 0.680. The van der Waals surface area contributed by atoms with Crippen molar-refractivity contribution in [1.29, 1.82) is 0 Å². The van der Waals surface area contributed by atoms with Crippen LogP contribution in [0, 0.1) is 0 Å². The summed E-state index contributed by atoms with van der Waals surface area (Å²) in [6.45, 7) is 2.34. The maximum Gasteiger partial charge on any atom is 0.0207 e. The third-order valence-electron chi connectivity index (χ3n) is 3.91. The molecule has 2 aromatic rings. The SMILES string of the molecule is CC(CCCCCc1ccccc1Br)c1ccccc1. The number of rotatable bonds is 7. The van der Waals surface area contributed by atoms with Crippen molar-refractivity contribution in [1.82, 2.24) is 0 Å². The van der Waals surface area contributed by atoms with E-state index in [-0.39, 0.29) is 0 Å². The van der Waals surface area contributed by atoms with Gasteiger partial charge in [-0.05, 0) is 42.4 Å². The Balaban J connectivity index is 1.66. The van der Waals surface area contributed by atoms with Crippen LogP contribution in [0.3, 0.4) is 0 Å². The van der Waals surface area contributed by atoms with E-state index in [9.17, 15) is 0 Å². The molecule has 0 saturated heterocycles. The highest BCUT2D eigenvalue weighted by Crippen LogP contribution is 2.23. The lowest BCUT2D eigenvalue weighted by Crippen LogP contribution is -1.94. The van der Waals surface area contributed by atoms with Crippen molar-refractivity contribution in [2.45, 2.75) is 44.9 Å². The molecule has 0 nitrogen and oxygen atoms in total. The lowest BCUT2D eigenvalue weighted by Gasteiger charge is -2.11. The Morgan fingerprint density at radius 3 is 2.30 bits per heavy atom. The zero-order valence-corrected chi connectivity index (χ0v) is 13.8. The van der Waals surface area contributed by atoms with Crippen molar-refractivity contribution in [2.75, 3.05) is 0 Å². The van der Waals surface area contributed by atoms with Gasteiger partial charge in [-0.15, -0.1) is 0 Å². The standard InChI is InChI=1S/C19H23Br/c1-16(17-11-5-3-6-12-17)10-4-2-7-13-18-14-8-9-15-19(18)20/h3,5-6,8-9,11-12,14-16H,2,4,7,10,13H2,1H3. The van der Waals surface area contributed by atoms with E-state index in [4.69, 9.17) is 0 Å². The molecule has 1 atom stereocenters. The number of hydrogen-bond acceptors (Lipinski definition) is 0. The second kappa shape index (κ2) is 8.26. The van der Waals surface area contributed by atoms with E-state index in [1.165, 1.54) is 47.7 Å². The first-order chi connectivity index (χ1) is 9.77. The molecule has 0 saturated carbocycles. The predicted octanol–water partition coefficient (Wildman–Crippen LogP) is 6.36. The molecule has 1 unspecified atom stereocenters. The molecule has 0 N–H and O–H groups in total. The first kappa shape index (κ1) is 15.3. The van der Waals surface area contributed by atoms with Crippen LogP contribution >= 0.6 is 15.9 Å². The molecule has 0 spiro atoms. The van der Waals surface area contributed by atoms with Crippen LogP contribution in [-0.4, -0.2) is 0 Å². The van der Waals surface area contributed by atoms with Crippen LogP contribution in [0.25, 0.3) is 0 Å². The lowest BCUT2D eigenvalue weighted by atomic mass is 9.94. The molecule has 0 aromatic heterocycles. The van der Waals surface area contributed by atoms with E-state index in [0.29, 0.717) is 5.92 Å². The zero-order valence-electron chi connectivity index (χ0n) is 12.2. The normalized spacial score (nSPS) is 12.3. The minimum atomic E-state index is 0.680. The highest BCUT2D eigenvalue weighted by Gasteiger charge is 2.04. The van der Waals surface area contributed by atoms with Gasteiger partial charge in [0.15, 0.2) is 0 Å². The fourth-order valence-electron chi connectivity index (χ4n) is 2.59. The van der Waals surface area contributed by atoms with Crippen molar-refractivity contribution >= 4 is 15.9 Å². The topological polar surface area (TPSA) is 0 Å². The minimum absolute atomic E-state index is 0.680. The van der Waals surface area contributed by atoms with Crippen LogP contribution in [0.2, 0.25) is 0 Å². The monoisotopic (exact) mass is 330 g/mol. The van der Waals surface area contributed by atoms with Crippen LogP contribution in [0.4, 0.5) is 0 Å². The Labute approximate surface area is 131 Å². The van der Waals surface area contributed by atoms with E-state index in [2.05, 4.69) is 77.5 Å². The first-order valence-electron chi connectivity index (χ1n) is 7.55. The van der Waals surface area contributed by atoms with Gasteiger partial charge in [0.2, 0.25) is 0 Å². The molecule has 2 aromatic carbocycles. The first-order valence-corrected chi connectivity index (χ1v) is 8.35. The molecule has 0 amide bonds. The van der Waals surface area contributed by atoms with Gasteiger partial charge in [0.25, 0.3) is 0 Å². The van der Waals surface area contributed by atoms with Crippen LogP contribution in [-0.2, 0) is 6.42 Å². The summed E-state index contributed by atoms with van der Waals surface area (Å²) in [4.78, 5) is 0. The Kier molecular flexibility index (Phi) is 6.32. The van der Waals surface area contributed by atoms with Gasteiger partial charge < -0.3 is 0 Å². The molecule has 0 bridgehead atoms. The van der Waals surface area contributed by atoms with E-state index in [0.717, 1.165) is 0 Å². The van der Waals surface area contributed by atoms with Gasteiger partial charge in [0, 0.05) is 4.47 Å². The third kappa shape index (κ3) is 4.79. The molecule has 0 fully saturated rings. The fraction of sp³-hybridized carbons (Fsp3) is 0.368. The van der Waals surface area contributed by atoms with Crippen molar-refractivity contribution < 1.29 is 0 Å². The molecule has 106 valence electrons. The summed E-state index contributed by atoms with van der Waals surface area (Å²) in [5.41, 5.74) is 2.90. The zero-order chi connectivity index (χ0) is 14.2. The van der Waals surface area contributed by atoms with Gasteiger partial charge in [0.1, 0.15) is 0 Å². The number of aryl methyl sites for hydroxylation is 1. The second-order valence-corrected chi connectivity index (χ2v) is 6.36. The third-order valence-corrected chi connectivity index (χ3v) is 4.68. The molecular weight excluding hydrogens is 308 g/mol. The van der Waals surface area contributed by atoms with Gasteiger partial charge in [-0.1, -0.05) is 84.2 Å². The van der Waals surface area contributed by atoms with Crippen molar-refractivity contribution in [3.05, 3.63) is 70.2 Å². The maximum atomic E-state index is 3.62. The van der Waals surface area contributed by atoms with Crippen LogP contribution in [0.15, 0.2) is 59.1 Å². The summed E-state index contributed by atoms with van der Waals surface area (Å²) in [6, 6.07) is 19.4. The van der Waals surface area contributed by atoms with Crippen molar-refractivity contribution in [2.24, 2.45) is 0 Å². The Hall–Kier alpha value is -1.08. The molecule has 20 heavy (non-hydrogen) atoms. The van der Waals surface area contributed by atoms with Gasteiger partial charge in [-0.2, -0.15) is 0 Å². The smallest absolute Gasteiger partial charge is 0.0207 e. The van der Waals surface area contributed by atoms with Crippen molar-refractivity contribution in [3.8, 4) is 0 Å². The average molecular weight is 331 g/mol. The van der Waals surface area contributed by atoms with E-state index >= 15 is 0 Å². The molecule has 0 aliphatic carbocycles. The highest BCUT2D eigenvalue weighted by atomic mass is 79.9. The number of benzene rings is 2. The van der Waals surface area contributed by atoms with E-state index in [1.807, 2.05) is 0 Å². The van der Waals surface area contributed by atoms with E-state index in [1.54, 1.807) is 0 Å². The van der Waals surface area contributed by atoms with Gasteiger partial charge in [-0.3, -0.25) is 0 Å². The largest absolute Gasteiger partial charge is 0.0622 e. The summed E-state index contributed by atoms with van der Waals surface area (Å²) in [7, 11) is 0. The van der Waals surface area contributed by atoms with Gasteiger partial charge in [0.05, 0.1) is 0 Å². The minimum Gasteiger partial charge on any atom is -0.0622 e. The fourth-order valence-corrected chi connectivity index (χ4v) is 3.08. The quantitative estimate of drug-likeness (QED) is 0.518. The summed E-state index contributed by atoms with van der Waals surface area (Å²) >= 11 is 3.62. The average Bonchev–Trinajstić information content (AvgIpc) is 2.49. The second-order valence-electron chi connectivity index (χ2n) is 5.50. The summed E-state index contributed by atoms with van der Waals surface area (Å²) < 4.78 is 1.25. The summed E-state index contributed by atoms with van der Waals surface area (Å²) in [6.07, 6.45) is 6.39. The van der Waals surface area contributed by atoms with Gasteiger partial charge >= 0.3 is 0 Å². The van der Waals surface area contributed by atoms with Gasteiger partial charge in [-0.25, -0.2) is 0 Å². The molecule has 0 radical (unpaired) electrons.